The van der Waals surface area contributed by atoms with Crippen LogP contribution in [0.4, 0.5) is 10.1 Å². The molecule has 7 heteroatoms. The third kappa shape index (κ3) is 4.04. The molecule has 0 bridgehead atoms. The zero-order valence-electron chi connectivity index (χ0n) is 21.8. The van der Waals surface area contributed by atoms with Crippen LogP contribution in [0.25, 0.3) is 6.08 Å². The highest BCUT2D eigenvalue weighted by atomic mass is 19.1. The summed E-state index contributed by atoms with van der Waals surface area (Å²) in [4.78, 5) is 45.2. The fraction of sp³-hybridized carbons (Fsp3) is 0.147. The fourth-order valence-electron chi connectivity index (χ4n) is 6.44. The smallest absolute Gasteiger partial charge is 0.330 e. The quantitative estimate of drug-likeness (QED) is 0.239. The lowest BCUT2D eigenvalue weighted by Gasteiger charge is -2.35. The number of benzene rings is 4. The summed E-state index contributed by atoms with van der Waals surface area (Å²) in [6.45, 7) is 0. The summed E-state index contributed by atoms with van der Waals surface area (Å²) < 4.78 is 19.9. The van der Waals surface area contributed by atoms with Gasteiger partial charge in [-0.05, 0) is 52.6 Å². The SMILES string of the molecule is O=C(OC(c1ccccc1)c1ccccc1)[C@@H]1[C@@H]2C(=O)N(c3ccc(F)cc3)C(=O)[C@H]2[C@H]2c3ccccc3C=CN12. The van der Waals surface area contributed by atoms with Crippen LogP contribution in [0, 0.1) is 17.7 Å². The van der Waals surface area contributed by atoms with Crippen molar-refractivity contribution in [2.45, 2.75) is 18.2 Å². The first-order valence-corrected chi connectivity index (χ1v) is 13.5. The van der Waals surface area contributed by atoms with Gasteiger partial charge < -0.3 is 9.64 Å². The normalized spacial score (nSPS) is 22.5. The summed E-state index contributed by atoms with van der Waals surface area (Å²) in [7, 11) is 0. The Bertz CT molecular complexity index is 1630. The number of anilines is 1. The van der Waals surface area contributed by atoms with Gasteiger partial charge in [0.2, 0.25) is 11.8 Å². The number of carbonyl (C=O) groups excluding carboxylic acids is 3. The highest BCUT2D eigenvalue weighted by Gasteiger charge is 2.65. The molecular weight excluding hydrogens is 519 g/mol. The van der Waals surface area contributed by atoms with Crippen LogP contribution in [0.15, 0.2) is 115 Å². The molecule has 6 nitrogen and oxygen atoms in total. The standard InChI is InChI=1S/C34H25FN2O4/c35-24-15-17-25(18-16-24)37-32(38)27-28(33(37)39)30(36-20-19-21-9-7-8-14-26(21)29(27)36)34(40)41-31(22-10-3-1-4-11-22)23-12-5-2-6-13-23/h1-20,27-31H/t27-,28-,29-,30+/m1/s1. The van der Waals surface area contributed by atoms with Crippen molar-refractivity contribution in [1.29, 1.82) is 0 Å². The van der Waals surface area contributed by atoms with Gasteiger partial charge in [0.25, 0.3) is 0 Å². The summed E-state index contributed by atoms with van der Waals surface area (Å²) in [5.74, 6) is -3.77. The Morgan fingerprint density at radius 1 is 0.732 bits per heavy atom. The second kappa shape index (κ2) is 9.86. The molecule has 2 fully saturated rings. The molecule has 0 saturated carbocycles. The van der Waals surface area contributed by atoms with E-state index in [2.05, 4.69) is 0 Å². The molecule has 4 aromatic carbocycles. The Balaban J connectivity index is 1.31. The predicted octanol–water partition coefficient (Wildman–Crippen LogP) is 5.67. The fourth-order valence-corrected chi connectivity index (χ4v) is 6.44. The highest BCUT2D eigenvalue weighted by Crippen LogP contribution is 2.53. The van der Waals surface area contributed by atoms with E-state index in [-0.39, 0.29) is 5.69 Å². The molecule has 0 radical (unpaired) electrons. The van der Waals surface area contributed by atoms with Gasteiger partial charge in [-0.1, -0.05) is 84.9 Å². The molecule has 3 aliphatic heterocycles. The Morgan fingerprint density at radius 2 is 1.32 bits per heavy atom. The van der Waals surface area contributed by atoms with E-state index in [1.165, 1.54) is 24.3 Å². The summed E-state index contributed by atoms with van der Waals surface area (Å²) in [5.41, 5.74) is 3.65. The number of rotatable bonds is 5. The van der Waals surface area contributed by atoms with Crippen LogP contribution in [-0.4, -0.2) is 28.7 Å². The average Bonchev–Trinajstić information content (AvgIpc) is 3.49. The highest BCUT2D eigenvalue weighted by molar-refractivity contribution is 6.23. The van der Waals surface area contributed by atoms with Crippen molar-refractivity contribution in [3.8, 4) is 0 Å². The Kier molecular flexibility index (Phi) is 6.00. The lowest BCUT2D eigenvalue weighted by molar-refractivity contribution is -0.155. The van der Waals surface area contributed by atoms with Crippen molar-refractivity contribution in [2.75, 3.05) is 4.90 Å². The molecule has 202 valence electrons. The summed E-state index contributed by atoms with van der Waals surface area (Å²) in [6, 6.07) is 30.2. The van der Waals surface area contributed by atoms with Crippen molar-refractivity contribution < 1.29 is 23.5 Å². The third-order valence-corrected chi connectivity index (χ3v) is 8.23. The third-order valence-electron chi connectivity index (χ3n) is 8.23. The number of imide groups is 1. The van der Waals surface area contributed by atoms with Gasteiger partial charge in [-0.25, -0.2) is 14.1 Å². The second-order valence-electron chi connectivity index (χ2n) is 10.5. The zero-order chi connectivity index (χ0) is 28.1. The van der Waals surface area contributed by atoms with E-state index in [9.17, 15) is 18.8 Å². The molecule has 2 saturated heterocycles. The van der Waals surface area contributed by atoms with Crippen LogP contribution in [-0.2, 0) is 19.1 Å². The number of esters is 1. The van der Waals surface area contributed by atoms with E-state index < -0.39 is 53.6 Å². The molecule has 41 heavy (non-hydrogen) atoms. The maximum atomic E-state index is 14.2. The first kappa shape index (κ1) is 25.0. The maximum Gasteiger partial charge on any atom is 0.330 e. The topological polar surface area (TPSA) is 66.9 Å². The van der Waals surface area contributed by atoms with Crippen molar-refractivity contribution in [3.63, 3.8) is 0 Å². The molecular formula is C34H25FN2O4. The number of hydrogen-bond acceptors (Lipinski definition) is 5. The maximum absolute atomic E-state index is 14.2. The van der Waals surface area contributed by atoms with E-state index in [1.807, 2.05) is 95.9 Å². The molecule has 0 aliphatic carbocycles. The average molecular weight is 545 g/mol. The largest absolute Gasteiger partial charge is 0.451 e. The van der Waals surface area contributed by atoms with Crippen LogP contribution in [0.5, 0.6) is 0 Å². The van der Waals surface area contributed by atoms with Crippen molar-refractivity contribution in [3.05, 3.63) is 143 Å². The lowest BCUT2D eigenvalue weighted by atomic mass is 9.84. The van der Waals surface area contributed by atoms with Crippen molar-refractivity contribution in [1.82, 2.24) is 4.90 Å². The van der Waals surface area contributed by atoms with Gasteiger partial charge in [-0.15, -0.1) is 0 Å². The summed E-state index contributed by atoms with van der Waals surface area (Å²) >= 11 is 0. The molecule has 4 atom stereocenters. The minimum Gasteiger partial charge on any atom is -0.451 e. The molecule has 0 unspecified atom stereocenters. The van der Waals surface area contributed by atoms with Gasteiger partial charge in [0.05, 0.1) is 23.6 Å². The summed E-state index contributed by atoms with van der Waals surface area (Å²) in [5, 5.41) is 0. The Hall–Kier alpha value is -5.04. The zero-order valence-corrected chi connectivity index (χ0v) is 21.8. The van der Waals surface area contributed by atoms with Gasteiger partial charge in [0.1, 0.15) is 11.9 Å². The first-order valence-electron chi connectivity index (χ1n) is 13.5. The number of ether oxygens (including phenoxy) is 1. The minimum atomic E-state index is -1.04. The van der Waals surface area contributed by atoms with Crippen LogP contribution in [0.2, 0.25) is 0 Å². The van der Waals surface area contributed by atoms with Crippen molar-refractivity contribution >= 4 is 29.5 Å². The van der Waals surface area contributed by atoms with Gasteiger partial charge >= 0.3 is 5.97 Å². The number of carbonyl (C=O) groups is 3. The number of amides is 2. The van der Waals surface area contributed by atoms with Gasteiger partial charge in [-0.2, -0.15) is 0 Å². The van der Waals surface area contributed by atoms with Crippen LogP contribution >= 0.6 is 0 Å². The molecule has 3 heterocycles. The Morgan fingerprint density at radius 3 is 1.98 bits per heavy atom. The van der Waals surface area contributed by atoms with E-state index in [0.717, 1.165) is 27.2 Å². The molecule has 4 aromatic rings. The van der Waals surface area contributed by atoms with E-state index in [4.69, 9.17) is 4.74 Å². The van der Waals surface area contributed by atoms with E-state index in [0.29, 0.717) is 0 Å². The molecule has 0 spiro atoms. The number of fused-ring (bicyclic) bond motifs is 5. The Labute approximate surface area is 236 Å². The van der Waals surface area contributed by atoms with E-state index in [1.54, 1.807) is 6.20 Å². The predicted molar refractivity (Wildman–Crippen MR) is 151 cm³/mol. The second-order valence-corrected chi connectivity index (χ2v) is 10.5. The molecule has 0 N–H and O–H groups in total. The van der Waals surface area contributed by atoms with E-state index >= 15 is 0 Å². The molecule has 2 amide bonds. The van der Waals surface area contributed by atoms with Crippen LogP contribution in [0.1, 0.15) is 34.4 Å². The van der Waals surface area contributed by atoms with Crippen LogP contribution in [0.3, 0.4) is 0 Å². The van der Waals surface area contributed by atoms with Crippen LogP contribution < -0.4 is 4.90 Å². The monoisotopic (exact) mass is 544 g/mol. The van der Waals surface area contributed by atoms with Gasteiger partial charge in [0.15, 0.2) is 6.10 Å². The molecule has 7 rings (SSSR count). The summed E-state index contributed by atoms with van der Waals surface area (Å²) in [6.07, 6.45) is 2.98. The van der Waals surface area contributed by atoms with Crippen molar-refractivity contribution in [2.24, 2.45) is 11.8 Å². The number of hydrogen-bond donors (Lipinski definition) is 0. The first-order chi connectivity index (χ1) is 20.0. The minimum absolute atomic E-state index is 0.278. The number of nitrogens with zero attached hydrogens (tertiary/aromatic N) is 2. The van der Waals surface area contributed by atoms with Gasteiger partial charge in [0, 0.05) is 6.20 Å². The number of halogens is 1. The lowest BCUT2D eigenvalue weighted by Crippen LogP contribution is -2.45. The molecule has 0 aromatic heterocycles. The van der Waals surface area contributed by atoms with Gasteiger partial charge in [-0.3, -0.25) is 9.59 Å². The molecule has 3 aliphatic rings.